The second kappa shape index (κ2) is 12.3. The van der Waals surface area contributed by atoms with E-state index in [4.69, 9.17) is 4.42 Å². The molecular formula is C44H46OSiZr. The summed E-state index contributed by atoms with van der Waals surface area (Å²) in [4.78, 5) is 0. The Morgan fingerprint density at radius 1 is 0.553 bits per heavy atom. The molecular weight excluding hydrogens is 664 g/mol. The van der Waals surface area contributed by atoms with Crippen molar-refractivity contribution in [3.63, 3.8) is 0 Å². The van der Waals surface area contributed by atoms with E-state index in [9.17, 15) is 0 Å². The van der Waals surface area contributed by atoms with Crippen LogP contribution in [0, 0.1) is 48.5 Å². The number of allylic oxidation sites excluding steroid dienone is 2. The summed E-state index contributed by atoms with van der Waals surface area (Å²) in [5.74, 6) is 2.05. The molecule has 3 heteroatoms. The summed E-state index contributed by atoms with van der Waals surface area (Å²) in [6.45, 7) is 23.2. The third-order valence-corrected chi connectivity index (χ3v) is 29.8. The van der Waals surface area contributed by atoms with Gasteiger partial charge in [-0.3, -0.25) is 0 Å². The summed E-state index contributed by atoms with van der Waals surface area (Å²) in [5.41, 5.74) is 21.9. The fourth-order valence-electron chi connectivity index (χ4n) is 8.57. The maximum atomic E-state index is 6.51. The Morgan fingerprint density at radius 2 is 1.04 bits per heavy atom. The molecule has 0 saturated carbocycles. The first-order chi connectivity index (χ1) is 22.4. The van der Waals surface area contributed by atoms with Gasteiger partial charge in [-0.1, -0.05) is 0 Å². The van der Waals surface area contributed by atoms with Crippen LogP contribution in [0.5, 0.6) is 0 Å². The van der Waals surface area contributed by atoms with Gasteiger partial charge in [0.2, 0.25) is 0 Å². The predicted octanol–water partition coefficient (Wildman–Crippen LogP) is 12.4. The van der Waals surface area contributed by atoms with Crippen molar-refractivity contribution in [1.29, 1.82) is 0 Å². The minimum absolute atomic E-state index is 0.442. The van der Waals surface area contributed by atoms with Gasteiger partial charge >= 0.3 is 291 Å². The Bertz CT molecular complexity index is 2160. The zero-order valence-electron chi connectivity index (χ0n) is 29.6. The van der Waals surface area contributed by atoms with Crippen molar-refractivity contribution in [2.24, 2.45) is 0 Å². The van der Waals surface area contributed by atoms with E-state index < -0.39 is 25.8 Å². The van der Waals surface area contributed by atoms with Crippen molar-refractivity contribution < 1.29 is 24.8 Å². The molecule has 1 heterocycles. The van der Waals surface area contributed by atoms with Crippen molar-refractivity contribution in [3.8, 4) is 22.3 Å². The molecule has 2 atom stereocenters. The van der Waals surface area contributed by atoms with Gasteiger partial charge in [0.1, 0.15) is 0 Å². The van der Waals surface area contributed by atoms with Crippen LogP contribution in [0.2, 0.25) is 13.1 Å². The van der Waals surface area contributed by atoms with E-state index in [2.05, 4.69) is 153 Å². The van der Waals surface area contributed by atoms with Gasteiger partial charge < -0.3 is 0 Å². The van der Waals surface area contributed by atoms with E-state index in [1.807, 2.05) is 0 Å². The van der Waals surface area contributed by atoms with E-state index in [-0.39, 0.29) is 0 Å². The fourth-order valence-corrected chi connectivity index (χ4v) is 28.8. The summed E-state index contributed by atoms with van der Waals surface area (Å²) < 4.78 is 7.49. The van der Waals surface area contributed by atoms with Crippen LogP contribution in [0.3, 0.4) is 0 Å². The van der Waals surface area contributed by atoms with Crippen molar-refractivity contribution in [2.75, 3.05) is 0 Å². The average molecular weight is 710 g/mol. The van der Waals surface area contributed by atoms with Gasteiger partial charge in [0.05, 0.1) is 0 Å². The molecule has 2 aliphatic rings. The van der Waals surface area contributed by atoms with Crippen molar-refractivity contribution in [3.05, 3.63) is 146 Å². The number of hydrogen-bond donors (Lipinski definition) is 0. The van der Waals surface area contributed by atoms with Crippen LogP contribution in [0.1, 0.15) is 81.3 Å². The molecule has 0 N–H and O–H groups in total. The van der Waals surface area contributed by atoms with Gasteiger partial charge in [-0.25, -0.2) is 0 Å². The van der Waals surface area contributed by atoms with Crippen LogP contribution in [0.4, 0.5) is 0 Å². The van der Waals surface area contributed by atoms with Gasteiger partial charge in [-0.15, -0.1) is 0 Å². The van der Waals surface area contributed by atoms with Gasteiger partial charge in [-0.2, -0.15) is 0 Å². The SMILES string of the molecule is CC1=Cc2c(ccc(C)c2-c2cc(C)cc(C)c2)[CH]1[Zr]([CH]1C(c2ccc(C)o2)=Cc2c1ccc(C)c2-c1cc(C)cc(C)c1)=[Si](C)C. The first-order valence-corrected chi connectivity index (χ1v) is 26.0. The molecule has 0 saturated heterocycles. The number of aryl methyl sites for hydroxylation is 7. The van der Waals surface area contributed by atoms with E-state index in [1.165, 1.54) is 77.9 Å². The van der Waals surface area contributed by atoms with Crippen LogP contribution < -0.4 is 0 Å². The third-order valence-electron chi connectivity index (χ3n) is 10.3. The zero-order valence-corrected chi connectivity index (χ0v) is 33.1. The summed E-state index contributed by atoms with van der Waals surface area (Å²) in [6.07, 6.45) is 5.10. The number of furan rings is 1. The molecule has 0 radical (unpaired) electrons. The van der Waals surface area contributed by atoms with Crippen LogP contribution in [-0.2, 0) is 20.4 Å². The van der Waals surface area contributed by atoms with Crippen molar-refractivity contribution >= 4 is 23.2 Å². The summed E-state index contributed by atoms with van der Waals surface area (Å²) in [5, 5.41) is 0. The fraction of sp³-hybridized carbons (Fsp3) is 0.273. The molecule has 5 aromatic rings. The minimum atomic E-state index is -2.39. The number of rotatable bonds is 5. The molecule has 4 aromatic carbocycles. The quantitative estimate of drug-likeness (QED) is 0.166. The molecule has 2 aliphatic carbocycles. The second-order valence-electron chi connectivity index (χ2n) is 14.5. The third kappa shape index (κ3) is 5.68. The molecule has 236 valence electrons. The van der Waals surface area contributed by atoms with E-state index in [1.54, 1.807) is 11.1 Å². The number of benzene rings is 4. The Hall–Kier alpha value is -3.26. The van der Waals surface area contributed by atoms with Gasteiger partial charge in [-0.05, 0) is 0 Å². The molecule has 0 bridgehead atoms. The molecule has 1 aromatic heterocycles. The molecule has 0 fully saturated rings. The second-order valence-corrected chi connectivity index (χ2v) is 32.4. The Labute approximate surface area is 289 Å². The zero-order chi connectivity index (χ0) is 33.3. The monoisotopic (exact) mass is 708 g/mol. The Kier molecular flexibility index (Phi) is 8.47. The molecule has 1 nitrogen and oxygen atoms in total. The Morgan fingerprint density at radius 3 is 1.51 bits per heavy atom. The Balaban J connectivity index is 1.46. The van der Waals surface area contributed by atoms with Gasteiger partial charge in [0.15, 0.2) is 0 Å². The van der Waals surface area contributed by atoms with Crippen LogP contribution in [-0.4, -0.2) is 5.43 Å². The summed E-state index contributed by atoms with van der Waals surface area (Å²) >= 11 is -2.39. The van der Waals surface area contributed by atoms with Gasteiger partial charge in [0, 0.05) is 0 Å². The van der Waals surface area contributed by atoms with Crippen LogP contribution >= 0.6 is 0 Å². The van der Waals surface area contributed by atoms with Crippen LogP contribution in [0.15, 0.2) is 82.8 Å². The van der Waals surface area contributed by atoms with E-state index in [0.717, 1.165) is 11.5 Å². The normalized spacial score (nSPS) is 16.6. The topological polar surface area (TPSA) is 13.1 Å². The summed E-state index contributed by atoms with van der Waals surface area (Å²) in [7, 11) is 0. The van der Waals surface area contributed by atoms with E-state index in [0.29, 0.717) is 7.25 Å². The first-order valence-electron chi connectivity index (χ1n) is 17.0. The number of hydrogen-bond acceptors (Lipinski definition) is 1. The average Bonchev–Trinajstić information content (AvgIpc) is 3.67. The predicted molar refractivity (Wildman–Crippen MR) is 200 cm³/mol. The molecule has 7 rings (SSSR count). The molecule has 2 unspecified atom stereocenters. The first kappa shape index (κ1) is 32.3. The standard InChI is InChI=1S/C23H21O.C19H19.C2H6Si.Zr/c1-14-9-15(2)11-20(10-14)23-16(3)5-7-18-12-19(13-21(18)23)22-8-6-17(4)24-22;1-12-7-13(2)10-17(9-12)19-15(4)5-6-16-8-14(3)11-18(16)19;1-3-2;/h5-13H,1-4H3;5-11H,1-4H3;1-2H3;. The van der Waals surface area contributed by atoms with Crippen molar-refractivity contribution in [2.45, 2.75) is 75.7 Å². The van der Waals surface area contributed by atoms with Crippen molar-refractivity contribution in [1.82, 2.24) is 0 Å². The molecule has 0 amide bonds. The molecule has 0 aliphatic heterocycles. The molecule has 0 spiro atoms. The maximum absolute atomic E-state index is 6.51. The summed E-state index contributed by atoms with van der Waals surface area (Å²) in [6, 6.07) is 28.2. The number of fused-ring (bicyclic) bond motifs is 2. The van der Waals surface area contributed by atoms with Crippen LogP contribution in [0.25, 0.3) is 40.0 Å². The molecule has 47 heavy (non-hydrogen) atoms. The van der Waals surface area contributed by atoms with E-state index >= 15 is 0 Å². The van der Waals surface area contributed by atoms with Gasteiger partial charge in [0.25, 0.3) is 0 Å².